The van der Waals surface area contributed by atoms with E-state index in [-0.39, 0.29) is 11.7 Å². The van der Waals surface area contributed by atoms with Crippen molar-refractivity contribution in [2.75, 3.05) is 0 Å². The highest BCUT2D eigenvalue weighted by atomic mass is 16.3. The Morgan fingerprint density at radius 1 is 1.16 bits per heavy atom. The van der Waals surface area contributed by atoms with Crippen molar-refractivity contribution in [1.29, 1.82) is 0 Å². The summed E-state index contributed by atoms with van der Waals surface area (Å²) in [6.45, 7) is 0.502. The average Bonchev–Trinajstić information content (AvgIpc) is 2.45. The summed E-state index contributed by atoms with van der Waals surface area (Å²) in [6.07, 6.45) is 4.30. The maximum atomic E-state index is 11.7. The van der Waals surface area contributed by atoms with Gasteiger partial charge in [0.15, 0.2) is 0 Å². The van der Waals surface area contributed by atoms with Gasteiger partial charge < -0.3 is 10.4 Å². The van der Waals surface area contributed by atoms with Crippen molar-refractivity contribution in [3.63, 3.8) is 0 Å². The first-order valence-corrected chi connectivity index (χ1v) is 6.18. The molecule has 0 aliphatic heterocycles. The molecule has 2 N–H and O–H groups in total. The molecule has 1 aromatic heterocycles. The van der Waals surface area contributed by atoms with Gasteiger partial charge in [0, 0.05) is 25.4 Å². The van der Waals surface area contributed by atoms with E-state index in [2.05, 4.69) is 10.3 Å². The van der Waals surface area contributed by atoms with Crippen LogP contribution in [0.5, 0.6) is 5.75 Å². The zero-order valence-corrected chi connectivity index (χ0v) is 10.5. The number of rotatable bonds is 5. The van der Waals surface area contributed by atoms with Crippen molar-refractivity contribution in [3.8, 4) is 5.75 Å². The highest BCUT2D eigenvalue weighted by Crippen LogP contribution is 2.17. The maximum Gasteiger partial charge on any atom is 0.220 e. The molecule has 4 heteroatoms. The van der Waals surface area contributed by atoms with Gasteiger partial charge in [-0.05, 0) is 35.7 Å². The number of carbonyl (C=O) groups is 1. The molecule has 0 saturated carbocycles. The molecule has 0 saturated heterocycles. The molecule has 0 fully saturated rings. The number of benzene rings is 1. The number of amides is 1. The molecule has 0 radical (unpaired) electrons. The Morgan fingerprint density at radius 3 is 2.63 bits per heavy atom. The van der Waals surface area contributed by atoms with Gasteiger partial charge in [0.2, 0.25) is 5.91 Å². The van der Waals surface area contributed by atoms with E-state index in [1.54, 1.807) is 24.5 Å². The second-order valence-corrected chi connectivity index (χ2v) is 4.26. The molecular weight excluding hydrogens is 240 g/mol. The van der Waals surface area contributed by atoms with Crippen molar-refractivity contribution in [2.45, 2.75) is 19.4 Å². The number of phenolic OH excluding ortho intramolecular Hbond substituents is 1. The number of nitrogens with zero attached hydrogens (tertiary/aromatic N) is 1. The van der Waals surface area contributed by atoms with E-state index < -0.39 is 0 Å². The molecule has 2 aromatic rings. The van der Waals surface area contributed by atoms with Crippen LogP contribution in [-0.2, 0) is 17.8 Å². The number of phenols is 1. The predicted octanol–water partition coefficient (Wildman–Crippen LogP) is 2.04. The monoisotopic (exact) mass is 256 g/mol. The largest absolute Gasteiger partial charge is 0.508 e. The fourth-order valence-corrected chi connectivity index (χ4v) is 1.76. The molecular formula is C15H16N2O2. The quantitative estimate of drug-likeness (QED) is 0.860. The van der Waals surface area contributed by atoms with Crippen molar-refractivity contribution in [2.24, 2.45) is 0 Å². The minimum absolute atomic E-state index is 0.0277. The van der Waals surface area contributed by atoms with Crippen molar-refractivity contribution in [1.82, 2.24) is 10.3 Å². The van der Waals surface area contributed by atoms with Crippen LogP contribution < -0.4 is 5.32 Å². The smallest absolute Gasteiger partial charge is 0.220 e. The summed E-state index contributed by atoms with van der Waals surface area (Å²) in [4.78, 5) is 15.6. The van der Waals surface area contributed by atoms with Crippen LogP contribution in [0.4, 0.5) is 0 Å². The molecule has 2 rings (SSSR count). The summed E-state index contributed by atoms with van der Waals surface area (Å²) in [5, 5.41) is 12.4. The van der Waals surface area contributed by atoms with Crippen LogP contribution in [0.25, 0.3) is 0 Å². The van der Waals surface area contributed by atoms with Crippen LogP contribution in [0, 0.1) is 0 Å². The van der Waals surface area contributed by atoms with E-state index in [0.29, 0.717) is 19.4 Å². The van der Waals surface area contributed by atoms with Gasteiger partial charge in [-0.15, -0.1) is 0 Å². The number of para-hydroxylation sites is 1. The average molecular weight is 256 g/mol. The number of nitrogens with one attached hydrogen (secondary N) is 1. The van der Waals surface area contributed by atoms with Crippen LogP contribution in [-0.4, -0.2) is 16.0 Å². The highest BCUT2D eigenvalue weighted by molar-refractivity contribution is 5.76. The van der Waals surface area contributed by atoms with Crippen LogP contribution >= 0.6 is 0 Å². The Morgan fingerprint density at radius 2 is 1.89 bits per heavy atom. The molecule has 1 amide bonds. The lowest BCUT2D eigenvalue weighted by Crippen LogP contribution is -2.22. The Hall–Kier alpha value is -2.36. The lowest BCUT2D eigenvalue weighted by molar-refractivity contribution is -0.121. The number of aromatic nitrogens is 1. The summed E-state index contributed by atoms with van der Waals surface area (Å²) < 4.78 is 0. The number of pyridine rings is 1. The first-order valence-electron chi connectivity index (χ1n) is 6.18. The molecule has 1 aromatic carbocycles. The SMILES string of the molecule is O=C(CCc1ccccc1O)NCc1ccncc1. The van der Waals surface area contributed by atoms with E-state index in [0.717, 1.165) is 11.1 Å². The zero-order valence-electron chi connectivity index (χ0n) is 10.5. The van der Waals surface area contributed by atoms with Gasteiger partial charge in [-0.25, -0.2) is 0 Å². The summed E-state index contributed by atoms with van der Waals surface area (Å²) in [6, 6.07) is 10.8. The summed E-state index contributed by atoms with van der Waals surface area (Å²) in [5.74, 6) is 0.212. The minimum atomic E-state index is -0.0277. The summed E-state index contributed by atoms with van der Waals surface area (Å²) >= 11 is 0. The zero-order chi connectivity index (χ0) is 13.5. The molecule has 0 spiro atoms. The van der Waals surface area contributed by atoms with E-state index in [1.165, 1.54) is 0 Å². The molecule has 4 nitrogen and oxygen atoms in total. The van der Waals surface area contributed by atoms with Gasteiger partial charge in [-0.3, -0.25) is 9.78 Å². The highest BCUT2D eigenvalue weighted by Gasteiger charge is 2.05. The molecule has 0 atom stereocenters. The predicted molar refractivity (Wildman–Crippen MR) is 72.5 cm³/mol. The van der Waals surface area contributed by atoms with Crippen LogP contribution in [0.1, 0.15) is 17.5 Å². The third-order valence-electron chi connectivity index (χ3n) is 2.85. The van der Waals surface area contributed by atoms with E-state index in [1.807, 2.05) is 24.3 Å². The third kappa shape index (κ3) is 4.10. The maximum absolute atomic E-state index is 11.7. The van der Waals surface area contributed by atoms with E-state index in [9.17, 15) is 9.90 Å². The minimum Gasteiger partial charge on any atom is -0.508 e. The van der Waals surface area contributed by atoms with Crippen LogP contribution in [0.3, 0.4) is 0 Å². The topological polar surface area (TPSA) is 62.2 Å². The third-order valence-corrected chi connectivity index (χ3v) is 2.85. The number of aryl methyl sites for hydroxylation is 1. The standard InChI is InChI=1S/C15H16N2O2/c18-14-4-2-1-3-13(14)5-6-15(19)17-11-12-7-9-16-10-8-12/h1-4,7-10,18H,5-6,11H2,(H,17,19). The molecule has 0 unspecified atom stereocenters. The Bertz CT molecular complexity index is 541. The lowest BCUT2D eigenvalue weighted by Gasteiger charge is -2.06. The molecule has 1 heterocycles. The van der Waals surface area contributed by atoms with Crippen molar-refractivity contribution >= 4 is 5.91 Å². The van der Waals surface area contributed by atoms with E-state index >= 15 is 0 Å². The molecule has 19 heavy (non-hydrogen) atoms. The van der Waals surface area contributed by atoms with Gasteiger partial charge >= 0.3 is 0 Å². The Balaban J connectivity index is 1.78. The van der Waals surface area contributed by atoms with Crippen LogP contribution in [0.2, 0.25) is 0 Å². The molecule has 0 aliphatic rings. The Kier molecular flexibility index (Phi) is 4.50. The summed E-state index contributed by atoms with van der Waals surface area (Å²) in [7, 11) is 0. The number of aromatic hydroxyl groups is 1. The summed E-state index contributed by atoms with van der Waals surface area (Å²) in [5.41, 5.74) is 1.81. The fourth-order valence-electron chi connectivity index (χ4n) is 1.76. The van der Waals surface area contributed by atoms with Crippen molar-refractivity contribution < 1.29 is 9.90 Å². The normalized spacial score (nSPS) is 10.1. The van der Waals surface area contributed by atoms with Gasteiger partial charge in [-0.2, -0.15) is 0 Å². The lowest BCUT2D eigenvalue weighted by atomic mass is 10.1. The molecule has 0 aliphatic carbocycles. The van der Waals surface area contributed by atoms with Crippen LogP contribution in [0.15, 0.2) is 48.8 Å². The van der Waals surface area contributed by atoms with Gasteiger partial charge in [0.1, 0.15) is 5.75 Å². The first-order chi connectivity index (χ1) is 9.25. The second kappa shape index (κ2) is 6.54. The van der Waals surface area contributed by atoms with Gasteiger partial charge in [0.05, 0.1) is 0 Å². The number of hydrogen-bond donors (Lipinski definition) is 2. The second-order valence-electron chi connectivity index (χ2n) is 4.26. The van der Waals surface area contributed by atoms with Gasteiger partial charge in [-0.1, -0.05) is 18.2 Å². The number of carbonyl (C=O) groups excluding carboxylic acids is 1. The molecule has 98 valence electrons. The van der Waals surface area contributed by atoms with E-state index in [4.69, 9.17) is 0 Å². The Labute approximate surface area is 112 Å². The van der Waals surface area contributed by atoms with Crippen molar-refractivity contribution in [3.05, 3.63) is 59.9 Å². The molecule has 0 bridgehead atoms. The van der Waals surface area contributed by atoms with Gasteiger partial charge in [0.25, 0.3) is 0 Å². The fraction of sp³-hybridized carbons (Fsp3) is 0.200. The first kappa shape index (κ1) is 13.1. The number of hydrogen-bond acceptors (Lipinski definition) is 3.